The summed E-state index contributed by atoms with van der Waals surface area (Å²) in [6, 6.07) is 13.4. The predicted octanol–water partition coefficient (Wildman–Crippen LogP) is 4.21. The van der Waals surface area contributed by atoms with Crippen LogP contribution in [0.5, 0.6) is 0 Å². The Hall–Kier alpha value is -2.93. The van der Waals surface area contributed by atoms with Crippen molar-refractivity contribution in [3.8, 4) is 0 Å². The fourth-order valence-electron chi connectivity index (χ4n) is 3.48. The number of thiophene rings is 1. The molecule has 0 radical (unpaired) electrons. The van der Waals surface area contributed by atoms with Crippen molar-refractivity contribution in [1.29, 1.82) is 0 Å². The minimum Gasteiger partial charge on any atom is -0.455 e. The van der Waals surface area contributed by atoms with Crippen molar-refractivity contribution in [3.63, 3.8) is 0 Å². The maximum atomic E-state index is 12.5. The molecule has 0 spiro atoms. The molecule has 1 N–H and O–H groups in total. The molecule has 0 fully saturated rings. The maximum Gasteiger partial charge on any atom is 0.310 e. The molecule has 3 aromatic rings. The molecule has 0 aliphatic heterocycles. The number of nitrogens with zero attached hydrogens (tertiary/aromatic N) is 2. The first-order valence-electron chi connectivity index (χ1n) is 10.4. The van der Waals surface area contributed by atoms with Gasteiger partial charge in [0.1, 0.15) is 0 Å². The van der Waals surface area contributed by atoms with Gasteiger partial charge in [0.25, 0.3) is 5.91 Å². The van der Waals surface area contributed by atoms with E-state index in [9.17, 15) is 9.59 Å². The summed E-state index contributed by atoms with van der Waals surface area (Å²) in [7, 11) is 0. The Morgan fingerprint density at radius 3 is 2.52 bits per heavy atom. The maximum absolute atomic E-state index is 12.5. The number of benzene rings is 1. The molecule has 3 rings (SSSR count). The lowest BCUT2D eigenvalue weighted by Crippen LogP contribution is -2.33. The third kappa shape index (κ3) is 6.04. The monoisotopic (exact) mass is 439 g/mol. The first kappa shape index (κ1) is 22.7. The number of rotatable bonds is 9. The molecule has 0 bridgehead atoms. The highest BCUT2D eigenvalue weighted by atomic mass is 32.1. The van der Waals surface area contributed by atoms with E-state index < -0.39 is 5.97 Å². The number of hydrogen-bond acceptors (Lipinski definition) is 5. The van der Waals surface area contributed by atoms with Crippen molar-refractivity contribution >= 4 is 23.2 Å². The van der Waals surface area contributed by atoms with E-state index in [0.717, 1.165) is 33.9 Å². The van der Waals surface area contributed by atoms with Crippen LogP contribution in [0.25, 0.3) is 0 Å². The zero-order valence-corrected chi connectivity index (χ0v) is 19.2. The topological polar surface area (TPSA) is 73.2 Å². The lowest BCUT2D eigenvalue weighted by Gasteiger charge is -2.18. The van der Waals surface area contributed by atoms with Crippen LogP contribution in [0.4, 0.5) is 0 Å². The van der Waals surface area contributed by atoms with Gasteiger partial charge in [-0.3, -0.25) is 14.3 Å². The number of carbonyl (C=O) groups excluding carboxylic acids is 2. The molecule has 1 aromatic carbocycles. The Kier molecular flexibility index (Phi) is 7.63. The Morgan fingerprint density at radius 2 is 1.87 bits per heavy atom. The van der Waals surface area contributed by atoms with Gasteiger partial charge in [0, 0.05) is 22.7 Å². The summed E-state index contributed by atoms with van der Waals surface area (Å²) in [5.41, 5.74) is 3.64. The van der Waals surface area contributed by atoms with Crippen LogP contribution in [0, 0.1) is 19.8 Å². The van der Waals surface area contributed by atoms with E-state index in [0.29, 0.717) is 5.92 Å². The SMILES string of the molecule is Cc1nn(CC(C)C)c(C)c1CC(=O)OCC(=O)NC(c1ccccc1)c1cccs1. The van der Waals surface area contributed by atoms with E-state index in [4.69, 9.17) is 4.74 Å². The molecule has 0 saturated heterocycles. The van der Waals surface area contributed by atoms with E-state index in [1.54, 1.807) is 11.3 Å². The number of aryl methyl sites for hydroxylation is 1. The molecule has 1 atom stereocenters. The molecule has 0 aliphatic carbocycles. The van der Waals surface area contributed by atoms with Crippen molar-refractivity contribution in [2.45, 2.75) is 46.7 Å². The lowest BCUT2D eigenvalue weighted by molar-refractivity contribution is -0.148. The van der Waals surface area contributed by atoms with Crippen LogP contribution in [0.2, 0.25) is 0 Å². The fraction of sp³-hybridized carbons (Fsp3) is 0.375. The van der Waals surface area contributed by atoms with E-state index in [2.05, 4.69) is 24.3 Å². The van der Waals surface area contributed by atoms with Crippen LogP contribution < -0.4 is 5.32 Å². The largest absolute Gasteiger partial charge is 0.455 e. The molecule has 164 valence electrons. The van der Waals surface area contributed by atoms with Crippen molar-refractivity contribution in [2.24, 2.45) is 5.92 Å². The first-order chi connectivity index (χ1) is 14.8. The second-order valence-electron chi connectivity index (χ2n) is 7.99. The van der Waals surface area contributed by atoms with Gasteiger partial charge >= 0.3 is 5.97 Å². The number of aromatic nitrogens is 2. The molecule has 31 heavy (non-hydrogen) atoms. The van der Waals surface area contributed by atoms with Gasteiger partial charge in [-0.2, -0.15) is 5.10 Å². The molecule has 0 saturated carbocycles. The lowest BCUT2D eigenvalue weighted by atomic mass is 10.1. The van der Waals surface area contributed by atoms with Crippen LogP contribution >= 0.6 is 11.3 Å². The molecule has 1 amide bonds. The average molecular weight is 440 g/mol. The molecule has 6 nitrogen and oxygen atoms in total. The summed E-state index contributed by atoms with van der Waals surface area (Å²) in [4.78, 5) is 26.0. The van der Waals surface area contributed by atoms with E-state index in [1.807, 2.05) is 66.4 Å². The van der Waals surface area contributed by atoms with Gasteiger partial charge in [0.15, 0.2) is 6.61 Å². The van der Waals surface area contributed by atoms with Gasteiger partial charge in [-0.15, -0.1) is 11.3 Å². The molecular formula is C24H29N3O3S. The minimum atomic E-state index is -0.433. The fourth-order valence-corrected chi connectivity index (χ4v) is 4.28. The molecule has 2 aromatic heterocycles. The third-order valence-corrected chi connectivity index (χ3v) is 5.96. The van der Waals surface area contributed by atoms with Crippen molar-refractivity contribution in [3.05, 3.63) is 75.2 Å². The standard InChI is InChI=1S/C24H29N3O3S/c1-16(2)14-27-18(4)20(17(3)26-27)13-23(29)30-15-22(28)25-24(21-11-8-12-31-21)19-9-6-5-7-10-19/h5-12,16,24H,13-15H2,1-4H3,(H,25,28). The van der Waals surface area contributed by atoms with Gasteiger partial charge in [-0.05, 0) is 36.8 Å². The molecular weight excluding hydrogens is 410 g/mol. The summed E-state index contributed by atoms with van der Waals surface area (Å²) in [6.45, 7) is 8.59. The quantitative estimate of drug-likeness (QED) is 0.507. The minimum absolute atomic E-state index is 0.107. The van der Waals surface area contributed by atoms with Crippen molar-refractivity contribution < 1.29 is 14.3 Å². The van der Waals surface area contributed by atoms with Crippen LogP contribution in [0.1, 0.15) is 47.3 Å². The zero-order chi connectivity index (χ0) is 22.4. The first-order valence-corrected chi connectivity index (χ1v) is 11.3. The molecule has 1 unspecified atom stereocenters. The van der Waals surface area contributed by atoms with Crippen LogP contribution in [0.3, 0.4) is 0 Å². The number of ether oxygens (including phenoxy) is 1. The van der Waals surface area contributed by atoms with Crippen molar-refractivity contribution in [1.82, 2.24) is 15.1 Å². The van der Waals surface area contributed by atoms with Crippen molar-refractivity contribution in [2.75, 3.05) is 6.61 Å². The number of carbonyl (C=O) groups is 2. The number of amides is 1. The van der Waals surface area contributed by atoms with Gasteiger partial charge < -0.3 is 10.1 Å². The number of esters is 1. The normalized spacial score (nSPS) is 12.0. The van der Waals surface area contributed by atoms with Gasteiger partial charge in [-0.25, -0.2) is 0 Å². The van der Waals surface area contributed by atoms with Crippen LogP contribution in [-0.2, 0) is 27.3 Å². The third-order valence-electron chi connectivity index (χ3n) is 5.02. The summed E-state index contributed by atoms with van der Waals surface area (Å²) < 4.78 is 7.21. The smallest absolute Gasteiger partial charge is 0.310 e. The second-order valence-corrected chi connectivity index (χ2v) is 8.97. The predicted molar refractivity (Wildman–Crippen MR) is 122 cm³/mol. The summed E-state index contributed by atoms with van der Waals surface area (Å²) in [6.07, 6.45) is 0.107. The molecule has 0 aliphatic rings. The van der Waals surface area contributed by atoms with E-state index in [-0.39, 0.29) is 25.0 Å². The summed E-state index contributed by atoms with van der Waals surface area (Å²) >= 11 is 1.57. The van der Waals surface area contributed by atoms with E-state index in [1.165, 1.54) is 0 Å². The second kappa shape index (κ2) is 10.4. The van der Waals surface area contributed by atoms with Gasteiger partial charge in [0.05, 0.1) is 18.2 Å². The molecule has 7 heteroatoms. The van der Waals surface area contributed by atoms with Crippen LogP contribution in [-0.4, -0.2) is 28.3 Å². The van der Waals surface area contributed by atoms with Crippen LogP contribution in [0.15, 0.2) is 47.8 Å². The average Bonchev–Trinajstić information content (AvgIpc) is 3.35. The number of nitrogens with one attached hydrogen (secondary N) is 1. The Bertz CT molecular complexity index is 1010. The van der Waals surface area contributed by atoms with Gasteiger partial charge in [0.2, 0.25) is 0 Å². The highest BCUT2D eigenvalue weighted by Gasteiger charge is 2.20. The Labute approximate surface area is 187 Å². The zero-order valence-electron chi connectivity index (χ0n) is 18.4. The molecule has 2 heterocycles. The number of hydrogen-bond donors (Lipinski definition) is 1. The highest BCUT2D eigenvalue weighted by Crippen LogP contribution is 2.25. The Morgan fingerprint density at radius 1 is 1.13 bits per heavy atom. The van der Waals surface area contributed by atoms with E-state index >= 15 is 0 Å². The summed E-state index contributed by atoms with van der Waals surface area (Å²) in [5.74, 6) is -0.306. The summed E-state index contributed by atoms with van der Waals surface area (Å²) in [5, 5.41) is 9.49. The Balaban J connectivity index is 1.59. The highest BCUT2D eigenvalue weighted by molar-refractivity contribution is 7.10. The van der Waals surface area contributed by atoms with Gasteiger partial charge in [-0.1, -0.05) is 50.2 Å².